The van der Waals surface area contributed by atoms with E-state index in [0.29, 0.717) is 5.54 Å². The van der Waals surface area contributed by atoms with Gasteiger partial charge in [-0.3, -0.25) is 4.90 Å². The molecule has 2 aliphatic rings. The van der Waals surface area contributed by atoms with Crippen LogP contribution < -0.4 is 5.32 Å². The van der Waals surface area contributed by atoms with Crippen LogP contribution in [0.5, 0.6) is 0 Å². The second-order valence-corrected chi connectivity index (χ2v) is 7.17. The van der Waals surface area contributed by atoms with E-state index in [1.54, 1.807) is 0 Å². The van der Waals surface area contributed by atoms with Gasteiger partial charge < -0.3 is 14.6 Å². The van der Waals surface area contributed by atoms with Crippen LogP contribution in [0.15, 0.2) is 16.5 Å². The molecule has 2 fully saturated rings. The van der Waals surface area contributed by atoms with Gasteiger partial charge in [0.2, 0.25) is 0 Å². The fraction of sp³-hybridized carbons (Fsp3) is 0.765. The molecule has 4 heteroatoms. The zero-order valence-electron chi connectivity index (χ0n) is 13.7. The Morgan fingerprint density at radius 1 is 1.19 bits per heavy atom. The van der Waals surface area contributed by atoms with Crippen LogP contribution >= 0.6 is 0 Å². The molecule has 0 amide bonds. The molecule has 0 atom stereocenters. The van der Waals surface area contributed by atoms with Crippen molar-refractivity contribution in [1.29, 1.82) is 0 Å². The van der Waals surface area contributed by atoms with Crippen LogP contribution in [0.4, 0.5) is 0 Å². The summed E-state index contributed by atoms with van der Waals surface area (Å²) >= 11 is 0. The molecule has 3 rings (SSSR count). The molecule has 2 saturated carbocycles. The van der Waals surface area contributed by atoms with E-state index in [4.69, 9.17) is 4.42 Å². The molecule has 0 bridgehead atoms. The van der Waals surface area contributed by atoms with E-state index in [9.17, 15) is 0 Å². The van der Waals surface area contributed by atoms with Gasteiger partial charge in [0.1, 0.15) is 11.5 Å². The minimum atomic E-state index is 0.387. The minimum absolute atomic E-state index is 0.387. The number of hydrogen-bond acceptors (Lipinski definition) is 4. The predicted molar refractivity (Wildman–Crippen MR) is 85.2 cm³/mol. The van der Waals surface area contributed by atoms with Crippen molar-refractivity contribution in [3.63, 3.8) is 0 Å². The third kappa shape index (κ3) is 3.68. The van der Waals surface area contributed by atoms with Gasteiger partial charge in [0.25, 0.3) is 0 Å². The first-order chi connectivity index (χ1) is 10.1. The van der Waals surface area contributed by atoms with Crippen molar-refractivity contribution in [1.82, 2.24) is 15.1 Å². The molecule has 1 aromatic heterocycles. The van der Waals surface area contributed by atoms with Crippen LogP contribution in [0, 0.1) is 0 Å². The van der Waals surface area contributed by atoms with E-state index in [-0.39, 0.29) is 0 Å². The average molecular weight is 291 g/mol. The molecule has 2 aliphatic carbocycles. The summed E-state index contributed by atoms with van der Waals surface area (Å²) in [5.41, 5.74) is 0.387. The first kappa shape index (κ1) is 15.1. The van der Waals surface area contributed by atoms with Crippen LogP contribution in [-0.4, -0.2) is 49.1 Å². The van der Waals surface area contributed by atoms with E-state index in [1.165, 1.54) is 32.1 Å². The van der Waals surface area contributed by atoms with E-state index < -0.39 is 0 Å². The van der Waals surface area contributed by atoms with Crippen molar-refractivity contribution in [3.05, 3.63) is 23.7 Å². The topological polar surface area (TPSA) is 31.6 Å². The largest absolute Gasteiger partial charge is 0.463 e. The highest BCUT2D eigenvalue weighted by Crippen LogP contribution is 2.36. The standard InChI is InChI=1S/C17H29N3O/c1-19(2)17(9-4-10-17)13-20(3)12-16-8-7-15(21-16)11-18-14-5-6-14/h7-8,14,18H,4-6,9-13H2,1-3H3. The highest BCUT2D eigenvalue weighted by molar-refractivity contribution is 5.08. The van der Waals surface area contributed by atoms with Crippen molar-refractivity contribution in [2.45, 2.75) is 56.8 Å². The Labute approximate surface area is 128 Å². The quantitative estimate of drug-likeness (QED) is 0.797. The fourth-order valence-corrected chi connectivity index (χ4v) is 3.29. The first-order valence-corrected chi connectivity index (χ1v) is 8.24. The van der Waals surface area contributed by atoms with Crippen molar-refractivity contribution >= 4 is 0 Å². The molecule has 1 aromatic rings. The molecule has 1 N–H and O–H groups in total. The molecule has 0 saturated heterocycles. The second-order valence-electron chi connectivity index (χ2n) is 7.17. The Balaban J connectivity index is 1.48. The van der Waals surface area contributed by atoms with Gasteiger partial charge in [-0.15, -0.1) is 0 Å². The van der Waals surface area contributed by atoms with Gasteiger partial charge in [-0.25, -0.2) is 0 Å². The first-order valence-electron chi connectivity index (χ1n) is 8.24. The van der Waals surface area contributed by atoms with Crippen molar-refractivity contribution in [2.24, 2.45) is 0 Å². The number of hydrogen-bond donors (Lipinski definition) is 1. The molecule has 118 valence electrons. The summed E-state index contributed by atoms with van der Waals surface area (Å²) in [5.74, 6) is 2.15. The highest BCUT2D eigenvalue weighted by atomic mass is 16.3. The Kier molecular flexibility index (Phi) is 4.38. The normalized spacial score (nSPS) is 21.0. The molecule has 4 nitrogen and oxygen atoms in total. The van der Waals surface area contributed by atoms with Crippen LogP contribution in [0.25, 0.3) is 0 Å². The van der Waals surface area contributed by atoms with Crippen LogP contribution in [-0.2, 0) is 13.1 Å². The summed E-state index contributed by atoms with van der Waals surface area (Å²) in [6.45, 7) is 2.89. The monoisotopic (exact) mass is 291 g/mol. The summed E-state index contributed by atoms with van der Waals surface area (Å²) in [6.07, 6.45) is 6.65. The van der Waals surface area contributed by atoms with E-state index in [2.05, 4.69) is 48.4 Å². The molecular weight excluding hydrogens is 262 g/mol. The Morgan fingerprint density at radius 2 is 1.90 bits per heavy atom. The lowest BCUT2D eigenvalue weighted by molar-refractivity contribution is 0.0243. The maximum atomic E-state index is 5.94. The van der Waals surface area contributed by atoms with Gasteiger partial charge in [0.15, 0.2) is 0 Å². The van der Waals surface area contributed by atoms with Crippen molar-refractivity contribution < 1.29 is 4.42 Å². The molecule has 21 heavy (non-hydrogen) atoms. The van der Waals surface area contributed by atoms with Gasteiger partial charge in [-0.2, -0.15) is 0 Å². The molecule has 0 spiro atoms. The molecule has 0 radical (unpaired) electrons. The lowest BCUT2D eigenvalue weighted by Gasteiger charge is -2.49. The third-order valence-corrected chi connectivity index (χ3v) is 5.08. The van der Waals surface area contributed by atoms with Gasteiger partial charge in [0.05, 0.1) is 13.1 Å². The highest BCUT2D eigenvalue weighted by Gasteiger charge is 2.39. The smallest absolute Gasteiger partial charge is 0.118 e. The molecular formula is C17H29N3O. The van der Waals surface area contributed by atoms with Crippen molar-refractivity contribution in [3.8, 4) is 0 Å². The number of furan rings is 1. The zero-order valence-corrected chi connectivity index (χ0v) is 13.7. The lowest BCUT2D eigenvalue weighted by Crippen LogP contribution is -2.56. The summed E-state index contributed by atoms with van der Waals surface area (Å²) in [6, 6.07) is 4.98. The number of nitrogens with one attached hydrogen (secondary N) is 1. The Morgan fingerprint density at radius 3 is 2.48 bits per heavy atom. The van der Waals surface area contributed by atoms with E-state index in [0.717, 1.165) is 37.2 Å². The van der Waals surface area contributed by atoms with E-state index >= 15 is 0 Å². The predicted octanol–water partition coefficient (Wildman–Crippen LogP) is 2.45. The molecule has 0 aromatic carbocycles. The van der Waals surface area contributed by atoms with Crippen LogP contribution in [0.2, 0.25) is 0 Å². The van der Waals surface area contributed by atoms with Crippen LogP contribution in [0.3, 0.4) is 0 Å². The fourth-order valence-electron chi connectivity index (χ4n) is 3.29. The maximum Gasteiger partial charge on any atom is 0.118 e. The minimum Gasteiger partial charge on any atom is -0.463 e. The van der Waals surface area contributed by atoms with Gasteiger partial charge >= 0.3 is 0 Å². The third-order valence-electron chi connectivity index (χ3n) is 5.08. The van der Waals surface area contributed by atoms with Crippen molar-refractivity contribution in [2.75, 3.05) is 27.7 Å². The maximum absolute atomic E-state index is 5.94. The number of nitrogens with zero attached hydrogens (tertiary/aromatic N) is 2. The Bertz CT molecular complexity index is 460. The molecule has 0 aliphatic heterocycles. The average Bonchev–Trinajstić information content (AvgIpc) is 3.12. The van der Waals surface area contributed by atoms with E-state index in [1.807, 2.05) is 0 Å². The zero-order chi connectivity index (χ0) is 14.9. The number of rotatable bonds is 8. The second kappa shape index (κ2) is 6.11. The van der Waals surface area contributed by atoms with Gasteiger partial charge in [0, 0.05) is 18.1 Å². The number of likely N-dealkylation sites (N-methyl/N-ethyl adjacent to an activating group) is 2. The van der Waals surface area contributed by atoms with Gasteiger partial charge in [-0.1, -0.05) is 0 Å². The summed E-state index contributed by atoms with van der Waals surface area (Å²) in [4.78, 5) is 4.80. The summed E-state index contributed by atoms with van der Waals surface area (Å²) in [7, 11) is 6.62. The summed E-state index contributed by atoms with van der Waals surface area (Å²) < 4.78 is 5.94. The lowest BCUT2D eigenvalue weighted by atomic mass is 9.75. The Hall–Kier alpha value is -0.840. The van der Waals surface area contributed by atoms with Gasteiger partial charge in [-0.05, 0) is 65.4 Å². The molecule has 0 unspecified atom stereocenters. The van der Waals surface area contributed by atoms with Crippen LogP contribution in [0.1, 0.15) is 43.6 Å². The summed E-state index contributed by atoms with van der Waals surface area (Å²) in [5, 5.41) is 3.50. The SMILES string of the molecule is CN(Cc1ccc(CNC2CC2)o1)CC1(N(C)C)CCC1. The molecule has 1 heterocycles.